The van der Waals surface area contributed by atoms with Crippen LogP contribution in [0.2, 0.25) is 0 Å². The molecule has 120 valence electrons. The van der Waals surface area contributed by atoms with E-state index in [4.69, 9.17) is 4.74 Å². The van der Waals surface area contributed by atoms with Crippen LogP contribution < -0.4 is 5.32 Å². The predicted octanol–water partition coefficient (Wildman–Crippen LogP) is 3.22. The van der Waals surface area contributed by atoms with Crippen molar-refractivity contribution in [2.45, 2.75) is 64.5 Å². The monoisotopic (exact) mass is 312 g/mol. The predicted molar refractivity (Wildman–Crippen MR) is 88.7 cm³/mol. The number of thioether (sulfide) groups is 1. The van der Waals surface area contributed by atoms with Crippen molar-refractivity contribution in [1.82, 2.24) is 5.32 Å². The van der Waals surface area contributed by atoms with Crippen molar-refractivity contribution in [3.63, 3.8) is 0 Å². The number of amidine groups is 1. The van der Waals surface area contributed by atoms with Gasteiger partial charge in [0, 0.05) is 11.3 Å². The second-order valence-electron chi connectivity index (χ2n) is 7.00. The third kappa shape index (κ3) is 4.38. The lowest BCUT2D eigenvalue weighted by Gasteiger charge is -2.36. The van der Waals surface area contributed by atoms with Gasteiger partial charge in [-0.15, -0.1) is 0 Å². The van der Waals surface area contributed by atoms with E-state index in [2.05, 4.69) is 31.1 Å². The Morgan fingerprint density at radius 1 is 1.57 bits per heavy atom. The zero-order chi connectivity index (χ0) is 15.5. The van der Waals surface area contributed by atoms with Gasteiger partial charge in [0.25, 0.3) is 0 Å². The quantitative estimate of drug-likeness (QED) is 0.810. The lowest BCUT2D eigenvalue weighted by Crippen LogP contribution is -2.47. The fourth-order valence-electron chi connectivity index (χ4n) is 3.41. The minimum absolute atomic E-state index is 0.208. The Bertz CT molecular complexity index is 411. The van der Waals surface area contributed by atoms with Crippen molar-refractivity contribution in [2.75, 3.05) is 12.9 Å². The van der Waals surface area contributed by atoms with Crippen molar-refractivity contribution in [1.29, 1.82) is 0 Å². The molecule has 2 fully saturated rings. The van der Waals surface area contributed by atoms with E-state index in [0.717, 1.165) is 23.3 Å². The molecule has 1 saturated carbocycles. The van der Waals surface area contributed by atoms with Crippen LogP contribution in [0.4, 0.5) is 0 Å². The van der Waals surface area contributed by atoms with Gasteiger partial charge in [-0.05, 0) is 31.1 Å². The van der Waals surface area contributed by atoms with Gasteiger partial charge in [0.1, 0.15) is 0 Å². The van der Waals surface area contributed by atoms with E-state index in [1.807, 2.05) is 0 Å². The molecule has 1 heterocycles. The van der Waals surface area contributed by atoms with Crippen LogP contribution in [-0.2, 0) is 9.53 Å². The molecule has 0 bridgehead atoms. The molecule has 1 spiro atoms. The van der Waals surface area contributed by atoms with Crippen molar-refractivity contribution in [2.24, 2.45) is 16.8 Å². The summed E-state index contributed by atoms with van der Waals surface area (Å²) in [5.74, 6) is 2.05. The average molecular weight is 312 g/mol. The number of nitrogens with zero attached hydrogens (tertiary/aromatic N) is 1. The molecular formula is C16H28N2O2S. The van der Waals surface area contributed by atoms with Crippen LogP contribution in [0.3, 0.4) is 0 Å². The van der Waals surface area contributed by atoms with E-state index in [1.54, 1.807) is 11.8 Å². The minimum Gasteiger partial charge on any atom is -0.467 e. The largest absolute Gasteiger partial charge is 0.467 e. The van der Waals surface area contributed by atoms with Crippen molar-refractivity contribution in [3.8, 4) is 0 Å². The number of hydrogen-bond acceptors (Lipinski definition) is 4. The highest BCUT2D eigenvalue weighted by molar-refractivity contribution is 8.14. The van der Waals surface area contributed by atoms with Gasteiger partial charge < -0.3 is 10.1 Å². The van der Waals surface area contributed by atoms with Gasteiger partial charge >= 0.3 is 5.97 Å². The average Bonchev–Trinajstić information content (AvgIpc) is 2.78. The number of nitrogens with one attached hydrogen (secondary N) is 1. The maximum atomic E-state index is 11.9. The van der Waals surface area contributed by atoms with Crippen LogP contribution >= 0.6 is 11.8 Å². The lowest BCUT2D eigenvalue weighted by atomic mass is 9.78. The Hall–Kier alpha value is -0.710. The molecule has 3 unspecified atom stereocenters. The Morgan fingerprint density at radius 3 is 2.95 bits per heavy atom. The van der Waals surface area contributed by atoms with Gasteiger partial charge in [0.05, 0.1) is 7.11 Å². The molecule has 2 rings (SSSR count). The fraction of sp³-hybridized carbons (Fsp3) is 0.875. The molecule has 0 aromatic rings. The van der Waals surface area contributed by atoms with Gasteiger partial charge in [0.2, 0.25) is 0 Å². The first-order chi connectivity index (χ1) is 9.94. The molecular weight excluding hydrogens is 284 g/mol. The number of carbonyl (C=O) groups excluding carboxylic acids is 1. The van der Waals surface area contributed by atoms with Crippen molar-refractivity contribution < 1.29 is 9.53 Å². The molecule has 4 nitrogen and oxygen atoms in total. The molecule has 0 amide bonds. The third-order valence-electron chi connectivity index (χ3n) is 4.39. The number of hydrogen-bond donors (Lipinski definition) is 1. The van der Waals surface area contributed by atoms with E-state index in [0.29, 0.717) is 5.92 Å². The van der Waals surface area contributed by atoms with Crippen LogP contribution in [0, 0.1) is 11.8 Å². The molecule has 3 atom stereocenters. The van der Waals surface area contributed by atoms with E-state index in [-0.39, 0.29) is 17.6 Å². The van der Waals surface area contributed by atoms with Crippen molar-refractivity contribution in [3.05, 3.63) is 0 Å². The minimum atomic E-state index is -0.374. The Morgan fingerprint density at radius 2 is 2.33 bits per heavy atom. The normalized spacial score (nSPS) is 32.4. The summed E-state index contributed by atoms with van der Waals surface area (Å²) < 4.78 is 4.89. The number of ether oxygens (including phenoxy) is 1. The standard InChI is InChI=1S/C16H28N2O2S/c1-11(2)8-13(14(19)20-4)17-15-18-16(10-21-15)7-5-6-12(3)9-16/h11-13H,5-10H2,1-4H3,(H,17,18). The highest BCUT2D eigenvalue weighted by atomic mass is 32.2. The number of carbonyl (C=O) groups is 1. The van der Waals surface area contributed by atoms with Gasteiger partial charge in [-0.2, -0.15) is 0 Å². The highest BCUT2D eigenvalue weighted by Crippen LogP contribution is 2.38. The molecule has 0 aromatic heterocycles. The molecule has 0 radical (unpaired) electrons. The van der Waals surface area contributed by atoms with E-state index >= 15 is 0 Å². The van der Waals surface area contributed by atoms with Gasteiger partial charge in [-0.25, -0.2) is 9.79 Å². The summed E-state index contributed by atoms with van der Waals surface area (Å²) in [5, 5.41) is 4.56. The first kappa shape index (κ1) is 16.7. The van der Waals surface area contributed by atoms with Crippen molar-refractivity contribution >= 4 is 22.9 Å². The topological polar surface area (TPSA) is 50.7 Å². The molecule has 21 heavy (non-hydrogen) atoms. The van der Waals surface area contributed by atoms with Gasteiger partial charge in [-0.1, -0.05) is 45.4 Å². The summed E-state index contributed by atoms with van der Waals surface area (Å²) in [6.45, 7) is 6.55. The lowest BCUT2D eigenvalue weighted by molar-refractivity contribution is -0.142. The molecule has 0 aromatic carbocycles. The van der Waals surface area contributed by atoms with Crippen LogP contribution in [-0.4, -0.2) is 35.6 Å². The zero-order valence-electron chi connectivity index (χ0n) is 13.6. The van der Waals surface area contributed by atoms with Gasteiger partial charge in [0.15, 0.2) is 11.2 Å². The summed E-state index contributed by atoms with van der Waals surface area (Å²) in [6, 6.07) is -0.374. The number of aliphatic imine (C=N–C) groups is 1. The van der Waals surface area contributed by atoms with E-state index in [1.165, 1.54) is 32.8 Å². The maximum Gasteiger partial charge on any atom is 0.330 e. The molecule has 1 aliphatic heterocycles. The Kier molecular flexibility index (Phi) is 5.58. The van der Waals surface area contributed by atoms with E-state index < -0.39 is 0 Å². The number of esters is 1. The molecule has 1 N–H and O–H groups in total. The van der Waals surface area contributed by atoms with Crippen LogP contribution in [0.1, 0.15) is 52.9 Å². The van der Waals surface area contributed by atoms with E-state index in [9.17, 15) is 4.79 Å². The fourth-order valence-corrected chi connectivity index (χ4v) is 4.64. The molecule has 2 aliphatic rings. The number of methoxy groups -OCH3 is 1. The Balaban J connectivity index is 2.04. The van der Waals surface area contributed by atoms with Gasteiger partial charge in [-0.3, -0.25) is 0 Å². The Labute approximate surface area is 132 Å². The summed E-state index contributed by atoms with van der Waals surface area (Å²) in [6.07, 6.45) is 5.79. The summed E-state index contributed by atoms with van der Waals surface area (Å²) in [5.41, 5.74) is 0.208. The number of rotatable bonds is 4. The third-order valence-corrected chi connectivity index (χ3v) is 5.57. The SMILES string of the molecule is COC(=O)C(CC(C)C)N=C1NC2(CCCC(C)C2)CS1. The molecule has 5 heteroatoms. The summed E-state index contributed by atoms with van der Waals surface area (Å²) in [7, 11) is 1.44. The van der Waals surface area contributed by atoms with Crippen LogP contribution in [0.5, 0.6) is 0 Å². The van der Waals surface area contributed by atoms with Crippen LogP contribution in [0.15, 0.2) is 4.99 Å². The first-order valence-electron chi connectivity index (χ1n) is 8.01. The summed E-state index contributed by atoms with van der Waals surface area (Å²) >= 11 is 1.76. The first-order valence-corrected chi connectivity index (χ1v) is 8.99. The highest BCUT2D eigenvalue weighted by Gasteiger charge is 2.40. The summed E-state index contributed by atoms with van der Waals surface area (Å²) in [4.78, 5) is 16.5. The second-order valence-corrected chi connectivity index (χ2v) is 7.96. The smallest absolute Gasteiger partial charge is 0.330 e. The molecule has 1 saturated heterocycles. The molecule has 1 aliphatic carbocycles. The van der Waals surface area contributed by atoms with Crippen LogP contribution in [0.25, 0.3) is 0 Å². The zero-order valence-corrected chi connectivity index (χ0v) is 14.5. The second kappa shape index (κ2) is 7.03. The maximum absolute atomic E-state index is 11.9.